The Morgan fingerprint density at radius 2 is 1.11 bits per heavy atom. The van der Waals surface area contributed by atoms with Gasteiger partial charge in [0.2, 0.25) is 0 Å². The molecule has 6 rings (SSSR count). The third-order valence-electron chi connectivity index (χ3n) is 7.10. The number of nitrogens with zero attached hydrogens (tertiary/aromatic N) is 4. The average Bonchev–Trinajstić information content (AvgIpc) is 3.78. The Morgan fingerprint density at radius 3 is 1.52 bits per heavy atom. The second kappa shape index (κ2) is 13.5. The van der Waals surface area contributed by atoms with Gasteiger partial charge in [0.05, 0.1) is 0 Å². The number of ether oxygens (including phenoxy) is 2. The Hall–Kier alpha value is -3.26. The summed E-state index contributed by atoms with van der Waals surface area (Å²) in [7, 11) is -9.77. The number of aromatic nitrogens is 6. The molecule has 2 aliphatic heterocycles. The Kier molecular flexibility index (Phi) is 9.56. The topological polar surface area (TPSA) is 289 Å². The van der Waals surface area contributed by atoms with E-state index in [0.29, 0.717) is 22.1 Å². The van der Waals surface area contributed by atoms with Gasteiger partial charge in [-0.1, -0.05) is 0 Å². The number of aliphatic hydroxyl groups excluding tert-OH is 4. The quantitative estimate of drug-likeness (QED) is 0.103. The van der Waals surface area contributed by atoms with Crippen molar-refractivity contribution in [3.8, 4) is 0 Å². The largest absolute Gasteiger partial charge is 0.798 e. The fourth-order valence-corrected chi connectivity index (χ4v) is 7.03. The van der Waals surface area contributed by atoms with Gasteiger partial charge in [-0.05, 0) is 12.1 Å². The number of H-pyrrole nitrogens is 2. The summed E-state index contributed by atoms with van der Waals surface area (Å²) < 4.78 is 68.1. The van der Waals surface area contributed by atoms with Gasteiger partial charge in [0.15, 0.2) is 21.1 Å². The van der Waals surface area contributed by atoms with Crippen LogP contribution in [0.4, 0.5) is 0 Å². The monoisotopic (exact) mass is 705 g/mol. The van der Waals surface area contributed by atoms with E-state index < -0.39 is 98.4 Å². The van der Waals surface area contributed by atoms with E-state index in [-0.39, 0.29) is 0 Å². The molecule has 46 heavy (non-hydrogen) atoms. The van der Waals surface area contributed by atoms with E-state index in [2.05, 4.69) is 28.6 Å². The molecule has 3 unspecified atom stereocenters. The first-order valence-electron chi connectivity index (χ1n) is 13.2. The van der Waals surface area contributed by atoms with Crippen molar-refractivity contribution in [1.29, 1.82) is 0 Å². The van der Waals surface area contributed by atoms with Crippen molar-refractivity contribution in [3.63, 3.8) is 0 Å². The summed E-state index contributed by atoms with van der Waals surface area (Å²) in [5.74, 6) is 0. The molecule has 4 aromatic rings. The van der Waals surface area contributed by atoms with Gasteiger partial charge in [0, 0.05) is 49.3 Å². The molecule has 2 saturated heterocycles. The molecule has 24 heteroatoms. The third kappa shape index (κ3) is 6.60. The first-order chi connectivity index (χ1) is 22.0. The number of hydrogen-bond acceptors (Lipinski definition) is 17. The van der Waals surface area contributed by atoms with Crippen LogP contribution in [0.15, 0.2) is 46.5 Å². The molecule has 6 heterocycles. The number of aliphatic hydroxyl groups is 4. The molecule has 0 radical (unpaired) electrons. The fourth-order valence-electron chi connectivity index (χ4n) is 4.86. The van der Waals surface area contributed by atoms with Crippen LogP contribution in [0.25, 0.3) is 22.1 Å². The van der Waals surface area contributed by atoms with Crippen molar-refractivity contribution in [1.82, 2.24) is 29.1 Å². The van der Waals surface area contributed by atoms with Crippen molar-refractivity contribution >= 4 is 46.8 Å². The second-order valence-corrected chi connectivity index (χ2v) is 13.1. The minimum absolute atomic E-state index is 0.307. The van der Waals surface area contributed by atoms with E-state index in [0.717, 1.165) is 9.13 Å². The Labute approximate surface area is 257 Å². The van der Waals surface area contributed by atoms with E-state index in [4.69, 9.17) is 18.5 Å². The molecule has 244 valence electrons. The normalized spacial score (nSPS) is 29.1. The number of rotatable bonds is 12. The Balaban J connectivity index is 0.956. The van der Waals surface area contributed by atoms with Crippen LogP contribution in [0.5, 0.6) is 0 Å². The lowest BCUT2D eigenvalue weighted by Gasteiger charge is -2.16. The van der Waals surface area contributed by atoms with Crippen molar-refractivity contribution in [2.45, 2.75) is 49.1 Å². The van der Waals surface area contributed by atoms with Crippen LogP contribution in [-0.2, 0) is 40.8 Å². The van der Waals surface area contributed by atoms with Gasteiger partial charge in [-0.25, -0.2) is 9.59 Å². The molecule has 0 spiro atoms. The smallest absolute Gasteiger partial charge is 0.387 e. The fraction of sp³-hybridized carbons (Fsp3) is 0.455. The maximum Gasteiger partial charge on any atom is 0.798 e. The van der Waals surface area contributed by atoms with Crippen LogP contribution in [0.3, 0.4) is 0 Å². The zero-order valence-electron chi connectivity index (χ0n) is 22.9. The standard InChI is InChI=1S/C22H22N6O15P3/c29-13-11(40-19(15(13)31)27-5-9-1-3-23-17(9)25-21(27)33)7-38-44(35)42-46(37)43-45(36)39-8-12-14(30)16(32)20(41-12)28-6-10-2-4-24-18(10)26-22(28)34/h1-6,11-16,19-20,29-32H,7-8H2/q+1/p+2/t11-,12+,13-,14+,15-,16+,19-,20+. The van der Waals surface area contributed by atoms with Gasteiger partial charge in [-0.15, -0.1) is 9.05 Å². The number of nitrogens with one attached hydrogen (secondary N) is 2. The zero-order valence-corrected chi connectivity index (χ0v) is 25.6. The van der Waals surface area contributed by atoms with Gasteiger partial charge >= 0.3 is 36.1 Å². The average molecular weight is 705 g/mol. The molecule has 4 aromatic heterocycles. The third-order valence-corrected chi connectivity index (χ3v) is 9.96. The number of fused-ring (bicyclic) bond motifs is 2. The summed E-state index contributed by atoms with van der Waals surface area (Å²) in [4.78, 5) is 37.9. The molecule has 0 amide bonds. The van der Waals surface area contributed by atoms with Crippen LogP contribution >= 0.6 is 24.8 Å². The van der Waals surface area contributed by atoms with Crippen LogP contribution in [0.2, 0.25) is 0 Å². The highest BCUT2D eigenvalue weighted by Gasteiger charge is 2.53. The molecule has 2 aliphatic rings. The SMILES string of the molecule is O=c1nc2[nH]ccc2cn1[C@@H]1O[C@H](CO[P+](=O)O[P+](=O)O[P+](=O)OC[C@@H]2O[C@H](n3cc4cc[nH]c4nc3=O)[C@@H](O)[C@H]2O)[C@@H](O)[C@H]1O. The Bertz CT molecular complexity index is 1780. The lowest BCUT2D eigenvalue weighted by Crippen LogP contribution is -2.36. The molecule has 0 aromatic carbocycles. The first kappa shape index (κ1) is 32.7. The summed E-state index contributed by atoms with van der Waals surface area (Å²) in [5, 5.41) is 42.6. The molecule has 11 atom stereocenters. The number of aromatic amines is 2. The van der Waals surface area contributed by atoms with E-state index in [1.165, 1.54) is 12.4 Å². The molecule has 6 N–H and O–H groups in total. The van der Waals surface area contributed by atoms with Crippen molar-refractivity contribution in [3.05, 3.63) is 57.9 Å². The van der Waals surface area contributed by atoms with Gasteiger partial charge < -0.3 is 39.9 Å². The van der Waals surface area contributed by atoms with Crippen molar-refractivity contribution < 1.29 is 61.3 Å². The molecule has 0 bridgehead atoms. The van der Waals surface area contributed by atoms with E-state index in [9.17, 15) is 43.7 Å². The minimum atomic E-state index is -3.36. The van der Waals surface area contributed by atoms with Crippen molar-refractivity contribution in [2.75, 3.05) is 13.2 Å². The van der Waals surface area contributed by atoms with Crippen LogP contribution in [-0.4, -0.2) is 99.3 Å². The number of hydrogen-bond donors (Lipinski definition) is 6. The highest BCUT2D eigenvalue weighted by atomic mass is 31.2. The maximum absolute atomic E-state index is 12.4. The summed E-state index contributed by atoms with van der Waals surface area (Å²) in [6, 6.07) is 3.25. The molecule has 2 fully saturated rings. The first-order valence-corrected chi connectivity index (χ1v) is 16.5. The molecular formula is C22H24N6O15P3+3. The molecule has 0 aliphatic carbocycles. The second-order valence-electron chi connectivity index (χ2n) is 9.94. The van der Waals surface area contributed by atoms with Crippen LogP contribution in [0.1, 0.15) is 12.5 Å². The van der Waals surface area contributed by atoms with E-state index in [1.807, 2.05) is 0 Å². The van der Waals surface area contributed by atoms with Gasteiger partial charge in [-0.3, -0.25) is 9.13 Å². The lowest BCUT2D eigenvalue weighted by atomic mass is 10.1. The molecule has 0 saturated carbocycles. The highest BCUT2D eigenvalue weighted by Crippen LogP contribution is 2.47. The van der Waals surface area contributed by atoms with Gasteiger partial charge in [-0.2, -0.15) is 9.97 Å². The summed E-state index contributed by atoms with van der Waals surface area (Å²) >= 11 is 0. The van der Waals surface area contributed by atoms with Gasteiger partial charge in [0.1, 0.15) is 61.1 Å². The summed E-state index contributed by atoms with van der Waals surface area (Å²) in [6.45, 7) is -1.30. The van der Waals surface area contributed by atoms with Gasteiger partial charge in [0.25, 0.3) is 0 Å². The van der Waals surface area contributed by atoms with Crippen LogP contribution in [0, 0.1) is 0 Å². The zero-order chi connectivity index (χ0) is 32.7. The van der Waals surface area contributed by atoms with E-state index >= 15 is 0 Å². The molecule has 21 nitrogen and oxygen atoms in total. The predicted molar refractivity (Wildman–Crippen MR) is 149 cm³/mol. The predicted octanol–water partition coefficient (Wildman–Crippen LogP) is -0.260. The highest BCUT2D eigenvalue weighted by molar-refractivity contribution is 7.53. The minimum Gasteiger partial charge on any atom is -0.387 e. The maximum atomic E-state index is 12.4. The van der Waals surface area contributed by atoms with Crippen molar-refractivity contribution in [2.24, 2.45) is 0 Å². The Morgan fingerprint density at radius 1 is 0.696 bits per heavy atom. The van der Waals surface area contributed by atoms with E-state index in [1.54, 1.807) is 24.5 Å². The van der Waals surface area contributed by atoms with Crippen LogP contribution < -0.4 is 11.4 Å². The lowest BCUT2D eigenvalue weighted by molar-refractivity contribution is -0.0516. The molecular weight excluding hydrogens is 681 g/mol. The summed E-state index contributed by atoms with van der Waals surface area (Å²) in [6.07, 6.45) is -5.86. The summed E-state index contributed by atoms with van der Waals surface area (Å²) in [5.41, 5.74) is -0.943.